The van der Waals surface area contributed by atoms with Crippen molar-refractivity contribution in [1.29, 1.82) is 0 Å². The van der Waals surface area contributed by atoms with Crippen molar-refractivity contribution in [3.05, 3.63) is 62.9 Å². The predicted octanol–water partition coefficient (Wildman–Crippen LogP) is 4.23. The first-order valence-electron chi connectivity index (χ1n) is 5.98. The number of benzene rings is 2. The normalized spacial score (nSPS) is 12.0. The molecule has 0 spiro atoms. The molecule has 1 atom stereocenters. The van der Waals surface area contributed by atoms with Gasteiger partial charge in [0.05, 0.1) is 16.0 Å². The van der Waals surface area contributed by atoms with E-state index < -0.39 is 16.8 Å². The van der Waals surface area contributed by atoms with E-state index in [1.54, 1.807) is 0 Å². The molecule has 110 valence electrons. The summed E-state index contributed by atoms with van der Waals surface area (Å²) in [7, 11) is 0. The molecule has 0 bridgehead atoms. The highest BCUT2D eigenvalue weighted by Crippen LogP contribution is 2.36. The van der Waals surface area contributed by atoms with Crippen molar-refractivity contribution >= 4 is 17.3 Å². The van der Waals surface area contributed by atoms with Gasteiger partial charge < -0.3 is 9.84 Å². The molecule has 0 heterocycles. The van der Waals surface area contributed by atoms with E-state index in [0.717, 1.165) is 12.1 Å². The van der Waals surface area contributed by atoms with Gasteiger partial charge in [-0.25, -0.2) is 4.39 Å². The van der Waals surface area contributed by atoms with Crippen LogP contribution in [0.1, 0.15) is 18.6 Å². The van der Waals surface area contributed by atoms with Gasteiger partial charge in [0.15, 0.2) is 0 Å². The number of hydrogen-bond donors (Lipinski definition) is 1. The molecule has 0 amide bonds. The van der Waals surface area contributed by atoms with Gasteiger partial charge in [-0.2, -0.15) is 0 Å². The summed E-state index contributed by atoms with van der Waals surface area (Å²) >= 11 is 5.82. The first-order valence-corrected chi connectivity index (χ1v) is 6.35. The first-order chi connectivity index (χ1) is 9.88. The van der Waals surface area contributed by atoms with Crippen molar-refractivity contribution in [1.82, 2.24) is 0 Å². The Morgan fingerprint density at radius 3 is 2.52 bits per heavy atom. The molecule has 1 N–H and O–H groups in total. The highest BCUT2D eigenvalue weighted by atomic mass is 35.5. The number of halogens is 2. The van der Waals surface area contributed by atoms with Crippen LogP contribution in [0.2, 0.25) is 5.02 Å². The predicted molar refractivity (Wildman–Crippen MR) is 75.2 cm³/mol. The van der Waals surface area contributed by atoms with Gasteiger partial charge in [-0.1, -0.05) is 17.7 Å². The summed E-state index contributed by atoms with van der Waals surface area (Å²) in [6, 6.07) is 7.55. The van der Waals surface area contributed by atoms with E-state index in [4.69, 9.17) is 16.3 Å². The van der Waals surface area contributed by atoms with Gasteiger partial charge in [-0.15, -0.1) is 0 Å². The molecule has 0 fully saturated rings. The van der Waals surface area contributed by atoms with Gasteiger partial charge in [0.2, 0.25) is 5.75 Å². The van der Waals surface area contributed by atoms with Crippen molar-refractivity contribution in [2.45, 2.75) is 13.0 Å². The second-order valence-electron chi connectivity index (χ2n) is 4.34. The summed E-state index contributed by atoms with van der Waals surface area (Å²) in [5.41, 5.74) is 0.0769. The second-order valence-corrected chi connectivity index (χ2v) is 4.74. The molecular formula is C14H11ClFNO4. The number of hydrogen-bond acceptors (Lipinski definition) is 4. The van der Waals surface area contributed by atoms with Crippen LogP contribution in [0.4, 0.5) is 10.1 Å². The highest BCUT2D eigenvalue weighted by Gasteiger charge is 2.19. The molecule has 0 radical (unpaired) electrons. The zero-order chi connectivity index (χ0) is 15.6. The average molecular weight is 312 g/mol. The van der Waals surface area contributed by atoms with Crippen LogP contribution in [0, 0.1) is 15.9 Å². The first kappa shape index (κ1) is 15.2. The Hall–Kier alpha value is -2.18. The lowest BCUT2D eigenvalue weighted by molar-refractivity contribution is -0.385. The van der Waals surface area contributed by atoms with Crippen molar-refractivity contribution in [3.63, 3.8) is 0 Å². The molecule has 1 unspecified atom stereocenters. The second kappa shape index (κ2) is 6.07. The number of ether oxygens (including phenoxy) is 1. The summed E-state index contributed by atoms with van der Waals surface area (Å²) in [6.07, 6.45) is -0.841. The smallest absolute Gasteiger partial charge is 0.311 e. The molecule has 5 nitrogen and oxygen atoms in total. The minimum atomic E-state index is -0.841. The molecule has 0 saturated carbocycles. The zero-order valence-corrected chi connectivity index (χ0v) is 11.7. The largest absolute Gasteiger partial charge is 0.449 e. The van der Waals surface area contributed by atoms with Crippen LogP contribution < -0.4 is 4.74 Å². The SMILES string of the molecule is CC(O)c1ccc(Oc2ccc(F)cc2Cl)c([N+](=O)[O-])c1. The quantitative estimate of drug-likeness (QED) is 0.677. The van der Waals surface area contributed by atoms with E-state index in [1.807, 2.05) is 0 Å². The van der Waals surface area contributed by atoms with Crippen LogP contribution in [-0.4, -0.2) is 10.0 Å². The molecule has 2 rings (SSSR count). The fourth-order valence-corrected chi connectivity index (χ4v) is 1.91. The van der Waals surface area contributed by atoms with E-state index in [0.29, 0.717) is 5.56 Å². The minimum Gasteiger partial charge on any atom is -0.449 e. The van der Waals surface area contributed by atoms with Crippen molar-refractivity contribution in [3.8, 4) is 11.5 Å². The van der Waals surface area contributed by atoms with E-state index >= 15 is 0 Å². The number of rotatable bonds is 4. The molecular weight excluding hydrogens is 301 g/mol. The molecule has 0 aliphatic heterocycles. The molecule has 0 saturated heterocycles. The number of nitro groups is 1. The monoisotopic (exact) mass is 311 g/mol. The zero-order valence-electron chi connectivity index (χ0n) is 10.9. The Labute approximate surface area is 124 Å². The molecule has 0 aromatic heterocycles. The third kappa shape index (κ3) is 3.48. The Balaban J connectivity index is 2.41. The van der Waals surface area contributed by atoms with E-state index in [1.165, 1.54) is 31.2 Å². The molecule has 0 aliphatic carbocycles. The molecule has 21 heavy (non-hydrogen) atoms. The van der Waals surface area contributed by atoms with Crippen LogP contribution in [0.25, 0.3) is 0 Å². The van der Waals surface area contributed by atoms with Gasteiger partial charge >= 0.3 is 5.69 Å². The van der Waals surface area contributed by atoms with Gasteiger partial charge in [-0.3, -0.25) is 10.1 Å². The average Bonchev–Trinajstić information content (AvgIpc) is 2.41. The molecule has 2 aromatic carbocycles. The Bertz CT molecular complexity index is 691. The van der Waals surface area contributed by atoms with Gasteiger partial charge in [0, 0.05) is 6.07 Å². The van der Waals surface area contributed by atoms with Crippen LogP contribution in [0.15, 0.2) is 36.4 Å². The molecule has 2 aromatic rings. The van der Waals surface area contributed by atoms with E-state index in [9.17, 15) is 19.6 Å². The van der Waals surface area contributed by atoms with Crippen molar-refractivity contribution in [2.75, 3.05) is 0 Å². The molecule has 0 aliphatic rings. The third-order valence-corrected chi connectivity index (χ3v) is 3.07. The number of nitro benzene ring substituents is 1. The standard InChI is InChI=1S/C14H11ClFNO4/c1-8(18)9-2-4-14(12(6-9)17(19)20)21-13-5-3-10(16)7-11(13)15/h2-8,18H,1H3. The van der Waals surface area contributed by atoms with Crippen LogP contribution in [0.3, 0.4) is 0 Å². The maximum atomic E-state index is 13.0. The summed E-state index contributed by atoms with van der Waals surface area (Å²) < 4.78 is 18.3. The Kier molecular flexibility index (Phi) is 4.40. The number of aliphatic hydroxyl groups is 1. The van der Waals surface area contributed by atoms with Gasteiger partial charge in [0.1, 0.15) is 11.6 Å². The maximum absolute atomic E-state index is 13.0. The van der Waals surface area contributed by atoms with Gasteiger partial charge in [-0.05, 0) is 36.8 Å². The van der Waals surface area contributed by atoms with E-state index in [-0.39, 0.29) is 22.2 Å². The Morgan fingerprint density at radius 1 is 1.29 bits per heavy atom. The van der Waals surface area contributed by atoms with Crippen molar-refractivity contribution < 1.29 is 19.2 Å². The minimum absolute atomic E-state index is 0.00361. The lowest BCUT2D eigenvalue weighted by atomic mass is 10.1. The van der Waals surface area contributed by atoms with Crippen LogP contribution in [0.5, 0.6) is 11.5 Å². The summed E-state index contributed by atoms with van der Waals surface area (Å²) in [4.78, 5) is 10.5. The summed E-state index contributed by atoms with van der Waals surface area (Å²) in [6.45, 7) is 1.50. The third-order valence-electron chi connectivity index (χ3n) is 2.78. The topological polar surface area (TPSA) is 72.6 Å². The van der Waals surface area contributed by atoms with Gasteiger partial charge in [0.25, 0.3) is 0 Å². The molecule has 7 heteroatoms. The van der Waals surface area contributed by atoms with Crippen LogP contribution >= 0.6 is 11.6 Å². The number of nitrogens with zero attached hydrogens (tertiary/aromatic N) is 1. The fraction of sp³-hybridized carbons (Fsp3) is 0.143. The lowest BCUT2D eigenvalue weighted by Crippen LogP contribution is -1.98. The highest BCUT2D eigenvalue weighted by molar-refractivity contribution is 6.32. The Morgan fingerprint density at radius 2 is 1.95 bits per heavy atom. The maximum Gasteiger partial charge on any atom is 0.311 e. The number of aliphatic hydroxyl groups excluding tert-OH is 1. The lowest BCUT2D eigenvalue weighted by Gasteiger charge is -2.10. The summed E-state index contributed by atoms with van der Waals surface area (Å²) in [5, 5.41) is 20.5. The van der Waals surface area contributed by atoms with Crippen LogP contribution in [-0.2, 0) is 0 Å². The van der Waals surface area contributed by atoms with Crippen molar-refractivity contribution in [2.24, 2.45) is 0 Å². The van der Waals surface area contributed by atoms with E-state index in [2.05, 4.69) is 0 Å². The fourth-order valence-electron chi connectivity index (χ4n) is 1.70. The summed E-state index contributed by atoms with van der Waals surface area (Å²) in [5.74, 6) is -0.477.